The van der Waals surface area contributed by atoms with E-state index in [1.807, 2.05) is 38.2 Å². The van der Waals surface area contributed by atoms with Gasteiger partial charge in [-0.25, -0.2) is 0 Å². The molecule has 0 fully saturated rings. The first-order chi connectivity index (χ1) is 13.4. The number of carbonyl (C=O) groups is 1. The Balaban J connectivity index is 1.65. The molecule has 0 aliphatic heterocycles. The second kappa shape index (κ2) is 8.82. The van der Waals surface area contributed by atoms with Crippen molar-refractivity contribution in [1.29, 1.82) is 0 Å². The molecule has 0 saturated carbocycles. The van der Waals surface area contributed by atoms with Gasteiger partial charge < -0.3 is 15.0 Å². The Kier molecular flexibility index (Phi) is 6.45. The Labute approximate surface area is 175 Å². The van der Waals surface area contributed by atoms with Crippen LogP contribution < -0.4 is 15.0 Å². The molecule has 3 rings (SSSR count). The fourth-order valence-electron chi connectivity index (χ4n) is 3.15. The van der Waals surface area contributed by atoms with Crippen LogP contribution in [0.2, 0.25) is 10.0 Å². The average molecular weight is 418 g/mol. The highest BCUT2D eigenvalue weighted by Crippen LogP contribution is 2.32. The first-order valence-corrected chi connectivity index (χ1v) is 9.75. The quantitative estimate of drug-likeness (QED) is 0.633. The lowest BCUT2D eigenvalue weighted by atomic mass is 10.1. The molecular weight excluding hydrogens is 395 g/mol. The summed E-state index contributed by atoms with van der Waals surface area (Å²) in [4.78, 5) is 13.5. The van der Waals surface area contributed by atoms with Crippen molar-refractivity contribution in [2.45, 2.75) is 13.5 Å². The molecule has 146 valence electrons. The lowest BCUT2D eigenvalue weighted by Crippen LogP contribution is -3.08. The molecule has 0 aromatic heterocycles. The van der Waals surface area contributed by atoms with E-state index < -0.39 is 0 Å². The van der Waals surface area contributed by atoms with Gasteiger partial charge in [0.15, 0.2) is 6.54 Å². The number of halogens is 2. The highest BCUT2D eigenvalue weighted by Gasteiger charge is 2.15. The average Bonchev–Trinajstić information content (AvgIpc) is 2.67. The van der Waals surface area contributed by atoms with Crippen molar-refractivity contribution in [1.82, 2.24) is 0 Å². The smallest absolute Gasteiger partial charge is 0.279 e. The summed E-state index contributed by atoms with van der Waals surface area (Å²) in [6, 6.07) is 15.9. The van der Waals surface area contributed by atoms with Crippen LogP contribution in [-0.4, -0.2) is 26.6 Å². The van der Waals surface area contributed by atoms with Crippen LogP contribution >= 0.6 is 23.2 Å². The van der Waals surface area contributed by atoms with Crippen LogP contribution in [0.25, 0.3) is 10.8 Å². The Morgan fingerprint density at radius 2 is 1.79 bits per heavy atom. The van der Waals surface area contributed by atoms with Crippen molar-refractivity contribution < 1.29 is 14.4 Å². The second-order valence-corrected chi connectivity index (χ2v) is 7.74. The summed E-state index contributed by atoms with van der Waals surface area (Å²) in [6.45, 7) is 2.91. The van der Waals surface area contributed by atoms with Crippen LogP contribution in [0.15, 0.2) is 48.5 Å². The number of aryl methyl sites for hydroxylation is 1. The number of fused-ring (bicyclic) bond motifs is 1. The summed E-state index contributed by atoms with van der Waals surface area (Å²) in [5.74, 6) is 0.713. The molecule has 0 spiro atoms. The van der Waals surface area contributed by atoms with Crippen LogP contribution in [0.1, 0.15) is 11.1 Å². The van der Waals surface area contributed by atoms with Gasteiger partial charge in [0, 0.05) is 5.56 Å². The number of quaternary nitrogens is 1. The van der Waals surface area contributed by atoms with Gasteiger partial charge in [-0.05, 0) is 47.5 Å². The Morgan fingerprint density at radius 1 is 1.07 bits per heavy atom. The minimum Gasteiger partial charge on any atom is -0.497 e. The maximum Gasteiger partial charge on any atom is 0.279 e. The third-order valence-electron chi connectivity index (χ3n) is 4.63. The predicted octanol–water partition coefficient (Wildman–Crippen LogP) is 4.12. The molecule has 0 heterocycles. The molecule has 0 saturated heterocycles. The molecule has 3 aromatic rings. The largest absolute Gasteiger partial charge is 0.497 e. The number of benzene rings is 3. The van der Waals surface area contributed by atoms with Crippen molar-refractivity contribution in [2.24, 2.45) is 0 Å². The second-order valence-electron chi connectivity index (χ2n) is 6.96. The number of amides is 1. The number of ether oxygens (including phenoxy) is 1. The van der Waals surface area contributed by atoms with E-state index in [0.717, 1.165) is 39.1 Å². The number of methoxy groups -OCH3 is 1. The van der Waals surface area contributed by atoms with E-state index in [2.05, 4.69) is 23.5 Å². The summed E-state index contributed by atoms with van der Waals surface area (Å²) in [6.07, 6.45) is 0. The molecule has 1 unspecified atom stereocenters. The fourth-order valence-corrected chi connectivity index (χ4v) is 3.62. The highest BCUT2D eigenvalue weighted by atomic mass is 35.5. The van der Waals surface area contributed by atoms with E-state index in [1.54, 1.807) is 13.2 Å². The molecule has 0 bridgehead atoms. The number of carbonyl (C=O) groups excluding carboxylic acids is 1. The Bertz CT molecular complexity index is 1020. The zero-order valence-corrected chi connectivity index (χ0v) is 17.6. The summed E-state index contributed by atoms with van der Waals surface area (Å²) in [5, 5.41) is 6.03. The molecule has 1 atom stereocenters. The van der Waals surface area contributed by atoms with Gasteiger partial charge in [-0.15, -0.1) is 0 Å². The van der Waals surface area contributed by atoms with Crippen LogP contribution in [0.5, 0.6) is 5.75 Å². The maximum absolute atomic E-state index is 12.4. The first kappa shape index (κ1) is 20.5. The van der Waals surface area contributed by atoms with Crippen molar-refractivity contribution in [3.8, 4) is 5.75 Å². The van der Waals surface area contributed by atoms with Gasteiger partial charge >= 0.3 is 0 Å². The third-order valence-corrected chi connectivity index (χ3v) is 5.43. The van der Waals surface area contributed by atoms with Gasteiger partial charge in [-0.3, -0.25) is 4.79 Å². The normalized spacial score (nSPS) is 12.0. The van der Waals surface area contributed by atoms with Gasteiger partial charge in [0.25, 0.3) is 5.91 Å². The first-order valence-electron chi connectivity index (χ1n) is 9.00. The molecule has 0 radical (unpaired) electrons. The van der Waals surface area contributed by atoms with E-state index in [0.29, 0.717) is 22.3 Å². The Hall–Kier alpha value is -2.27. The molecule has 0 aliphatic rings. The zero-order valence-electron chi connectivity index (χ0n) is 16.1. The van der Waals surface area contributed by atoms with Gasteiger partial charge in [0.1, 0.15) is 12.3 Å². The van der Waals surface area contributed by atoms with Crippen LogP contribution in [0.4, 0.5) is 5.69 Å². The van der Waals surface area contributed by atoms with Crippen molar-refractivity contribution in [2.75, 3.05) is 26.0 Å². The molecular formula is C22H23Cl2N2O2+. The number of likely N-dealkylation sites (N-methyl/N-ethyl adjacent to an activating group) is 1. The molecule has 2 N–H and O–H groups in total. The van der Waals surface area contributed by atoms with Gasteiger partial charge in [0.2, 0.25) is 0 Å². The van der Waals surface area contributed by atoms with Crippen molar-refractivity contribution in [3.05, 3.63) is 69.7 Å². The lowest BCUT2D eigenvalue weighted by molar-refractivity contribution is -0.885. The molecule has 4 nitrogen and oxygen atoms in total. The Morgan fingerprint density at radius 3 is 2.54 bits per heavy atom. The third kappa shape index (κ3) is 4.76. The number of hydrogen-bond donors (Lipinski definition) is 2. The van der Waals surface area contributed by atoms with Crippen LogP contribution in [0, 0.1) is 6.92 Å². The molecule has 3 aromatic carbocycles. The number of hydrogen-bond acceptors (Lipinski definition) is 2. The summed E-state index contributed by atoms with van der Waals surface area (Å²) < 4.78 is 5.27. The van der Waals surface area contributed by atoms with Gasteiger partial charge in [-0.2, -0.15) is 0 Å². The fraction of sp³-hybridized carbons (Fsp3) is 0.227. The monoisotopic (exact) mass is 417 g/mol. The van der Waals surface area contributed by atoms with Crippen LogP contribution in [0.3, 0.4) is 0 Å². The molecule has 6 heteroatoms. The van der Waals surface area contributed by atoms with Gasteiger partial charge in [0.05, 0.1) is 29.9 Å². The predicted molar refractivity (Wildman–Crippen MR) is 116 cm³/mol. The maximum atomic E-state index is 12.4. The minimum absolute atomic E-state index is 0.127. The molecule has 28 heavy (non-hydrogen) atoms. The number of nitrogens with one attached hydrogen (secondary N) is 2. The van der Waals surface area contributed by atoms with E-state index >= 15 is 0 Å². The lowest BCUT2D eigenvalue weighted by Gasteiger charge is -2.16. The van der Waals surface area contributed by atoms with E-state index in [-0.39, 0.29) is 5.91 Å². The van der Waals surface area contributed by atoms with E-state index in [4.69, 9.17) is 27.9 Å². The molecule has 0 aliphatic carbocycles. The summed E-state index contributed by atoms with van der Waals surface area (Å²) in [5.41, 5.74) is 2.50. The topological polar surface area (TPSA) is 42.8 Å². The number of anilines is 1. The number of rotatable bonds is 6. The summed E-state index contributed by atoms with van der Waals surface area (Å²) in [7, 11) is 3.65. The van der Waals surface area contributed by atoms with E-state index in [1.165, 1.54) is 0 Å². The zero-order chi connectivity index (χ0) is 20.3. The van der Waals surface area contributed by atoms with E-state index in [9.17, 15) is 4.79 Å². The van der Waals surface area contributed by atoms with Gasteiger partial charge in [-0.1, -0.05) is 47.5 Å². The standard InChI is InChI=1S/C22H22Cl2N2O2/c1-14-4-9-19(23)22(21(14)24)25-20(27)13-26(2)12-15-5-6-17-11-18(28-3)8-7-16(17)10-15/h4-11H,12-13H2,1-3H3,(H,25,27)/p+1. The summed E-state index contributed by atoms with van der Waals surface area (Å²) >= 11 is 12.4. The highest BCUT2D eigenvalue weighted by molar-refractivity contribution is 6.40. The molecule has 1 amide bonds. The SMILES string of the molecule is COc1ccc2cc(C[NH+](C)CC(=O)Nc3c(Cl)ccc(C)c3Cl)ccc2c1. The van der Waals surface area contributed by atoms with Crippen molar-refractivity contribution >= 4 is 45.6 Å². The van der Waals surface area contributed by atoms with Crippen molar-refractivity contribution in [3.63, 3.8) is 0 Å². The minimum atomic E-state index is -0.127. The van der Waals surface area contributed by atoms with Crippen LogP contribution in [-0.2, 0) is 11.3 Å².